The van der Waals surface area contributed by atoms with Gasteiger partial charge in [0.05, 0.1) is 6.10 Å². The van der Waals surface area contributed by atoms with Gasteiger partial charge in [-0.25, -0.2) is 0 Å². The number of hydrogen-bond donors (Lipinski definition) is 3. The molecule has 0 aromatic heterocycles. The average Bonchev–Trinajstić information content (AvgIpc) is 2.40. The normalized spacial score (nSPS) is 24.0. The standard InChI is InChI=1S/C14H26F3N3O/c1-2-18-13(19-10-4-3-9-14(15,16)17)20-11-5-7-12(21)8-6-11/h11-12,21H,2-10H2,1H3,(H2,18,19,20). The number of guanidine groups is 1. The Balaban J connectivity index is 2.29. The summed E-state index contributed by atoms with van der Waals surface area (Å²) in [6.07, 6.45) is -1.14. The minimum atomic E-state index is -4.07. The Morgan fingerprint density at radius 2 is 1.86 bits per heavy atom. The molecule has 0 bridgehead atoms. The van der Waals surface area contributed by atoms with Crippen molar-refractivity contribution in [2.75, 3.05) is 13.1 Å². The highest BCUT2D eigenvalue weighted by Gasteiger charge is 2.25. The van der Waals surface area contributed by atoms with Crippen LogP contribution in [-0.2, 0) is 0 Å². The molecule has 0 amide bonds. The lowest BCUT2D eigenvalue weighted by Crippen LogP contribution is -2.45. The Morgan fingerprint density at radius 3 is 2.43 bits per heavy atom. The van der Waals surface area contributed by atoms with Crippen LogP contribution in [0, 0.1) is 0 Å². The molecule has 0 saturated heterocycles. The smallest absolute Gasteiger partial charge is 0.389 e. The number of nitrogens with zero attached hydrogens (tertiary/aromatic N) is 1. The summed E-state index contributed by atoms with van der Waals surface area (Å²) in [4.78, 5) is 4.31. The Labute approximate surface area is 124 Å². The third-order valence-electron chi connectivity index (χ3n) is 3.52. The zero-order valence-electron chi connectivity index (χ0n) is 12.5. The molecule has 1 rings (SSSR count). The van der Waals surface area contributed by atoms with E-state index in [1.165, 1.54) is 0 Å². The number of alkyl halides is 3. The number of aliphatic hydroxyl groups excluding tert-OH is 1. The van der Waals surface area contributed by atoms with E-state index in [0.717, 1.165) is 25.7 Å². The summed E-state index contributed by atoms with van der Waals surface area (Å²) in [6, 6.07) is 0.279. The monoisotopic (exact) mass is 309 g/mol. The summed E-state index contributed by atoms with van der Waals surface area (Å²) in [5, 5.41) is 15.9. The van der Waals surface area contributed by atoms with E-state index in [4.69, 9.17) is 0 Å². The fraction of sp³-hybridized carbons (Fsp3) is 0.929. The topological polar surface area (TPSA) is 56.7 Å². The molecule has 124 valence electrons. The molecule has 0 aliphatic heterocycles. The van der Waals surface area contributed by atoms with Crippen molar-refractivity contribution in [3.05, 3.63) is 0 Å². The number of rotatable bonds is 6. The van der Waals surface area contributed by atoms with Gasteiger partial charge in [0.25, 0.3) is 0 Å². The minimum Gasteiger partial charge on any atom is -0.393 e. The van der Waals surface area contributed by atoms with Crippen LogP contribution in [0.1, 0.15) is 51.9 Å². The second-order valence-electron chi connectivity index (χ2n) is 5.48. The van der Waals surface area contributed by atoms with Crippen molar-refractivity contribution in [3.63, 3.8) is 0 Å². The Kier molecular flexibility index (Phi) is 7.85. The maximum Gasteiger partial charge on any atom is 0.389 e. The summed E-state index contributed by atoms with van der Waals surface area (Å²) in [5.41, 5.74) is 0. The maximum atomic E-state index is 12.0. The Hall–Kier alpha value is -0.980. The molecule has 3 N–H and O–H groups in total. The maximum absolute atomic E-state index is 12.0. The molecule has 1 aliphatic carbocycles. The van der Waals surface area contributed by atoms with Crippen molar-refractivity contribution in [3.8, 4) is 0 Å². The molecule has 4 nitrogen and oxygen atoms in total. The van der Waals surface area contributed by atoms with Gasteiger partial charge in [-0.3, -0.25) is 4.99 Å². The van der Waals surface area contributed by atoms with E-state index in [2.05, 4.69) is 15.6 Å². The molecule has 1 aliphatic rings. The van der Waals surface area contributed by atoms with Crippen LogP contribution in [0.4, 0.5) is 13.2 Å². The van der Waals surface area contributed by atoms with E-state index >= 15 is 0 Å². The van der Waals surface area contributed by atoms with Crippen LogP contribution in [0.5, 0.6) is 0 Å². The SMILES string of the molecule is CCNC(=NCCCCC(F)(F)F)NC1CCC(O)CC1. The van der Waals surface area contributed by atoms with E-state index in [9.17, 15) is 18.3 Å². The van der Waals surface area contributed by atoms with Crippen molar-refractivity contribution < 1.29 is 18.3 Å². The highest BCUT2D eigenvalue weighted by atomic mass is 19.4. The first-order valence-electron chi connectivity index (χ1n) is 7.70. The zero-order chi connectivity index (χ0) is 15.7. The van der Waals surface area contributed by atoms with Crippen molar-refractivity contribution in [2.45, 2.75) is 70.2 Å². The lowest BCUT2D eigenvalue weighted by Gasteiger charge is -2.27. The summed E-state index contributed by atoms with van der Waals surface area (Å²) in [6.45, 7) is 3.05. The quantitative estimate of drug-likeness (QED) is 0.401. The van der Waals surface area contributed by atoms with Gasteiger partial charge in [0.2, 0.25) is 0 Å². The number of aliphatic imine (C=N–C) groups is 1. The van der Waals surface area contributed by atoms with E-state index < -0.39 is 12.6 Å². The van der Waals surface area contributed by atoms with Gasteiger partial charge in [0.15, 0.2) is 5.96 Å². The van der Waals surface area contributed by atoms with Gasteiger partial charge in [-0.15, -0.1) is 0 Å². The Bertz CT molecular complexity index is 313. The number of hydrogen-bond acceptors (Lipinski definition) is 2. The first kappa shape index (κ1) is 18.1. The van der Waals surface area contributed by atoms with E-state index in [1.54, 1.807) is 0 Å². The molecule has 0 aromatic carbocycles. The molecule has 0 aromatic rings. The van der Waals surface area contributed by atoms with Crippen LogP contribution in [0.15, 0.2) is 4.99 Å². The molecular formula is C14H26F3N3O. The van der Waals surface area contributed by atoms with Crippen LogP contribution in [0.3, 0.4) is 0 Å². The van der Waals surface area contributed by atoms with Crippen LogP contribution in [-0.4, -0.2) is 42.5 Å². The second-order valence-corrected chi connectivity index (χ2v) is 5.48. The van der Waals surface area contributed by atoms with Crippen molar-refractivity contribution in [2.24, 2.45) is 4.99 Å². The first-order chi connectivity index (χ1) is 9.90. The summed E-state index contributed by atoms with van der Waals surface area (Å²) >= 11 is 0. The number of nitrogens with one attached hydrogen (secondary N) is 2. The fourth-order valence-corrected chi connectivity index (χ4v) is 2.36. The second kappa shape index (κ2) is 9.12. The predicted molar refractivity (Wildman–Crippen MR) is 77.3 cm³/mol. The van der Waals surface area contributed by atoms with E-state index in [-0.39, 0.29) is 18.6 Å². The van der Waals surface area contributed by atoms with Gasteiger partial charge in [-0.2, -0.15) is 13.2 Å². The average molecular weight is 309 g/mol. The third-order valence-corrected chi connectivity index (χ3v) is 3.52. The number of halogens is 3. The van der Waals surface area contributed by atoms with Crippen LogP contribution in [0.25, 0.3) is 0 Å². The number of unbranched alkanes of at least 4 members (excludes halogenated alkanes) is 1. The molecule has 0 atom stereocenters. The highest BCUT2D eigenvalue weighted by Crippen LogP contribution is 2.22. The largest absolute Gasteiger partial charge is 0.393 e. The molecule has 0 unspecified atom stereocenters. The highest BCUT2D eigenvalue weighted by molar-refractivity contribution is 5.80. The van der Waals surface area contributed by atoms with E-state index in [0.29, 0.717) is 25.5 Å². The number of aliphatic hydroxyl groups is 1. The lowest BCUT2D eigenvalue weighted by molar-refractivity contribution is -0.135. The summed E-state index contributed by atoms with van der Waals surface area (Å²) < 4.78 is 36.1. The van der Waals surface area contributed by atoms with Gasteiger partial charge in [-0.1, -0.05) is 0 Å². The molecular weight excluding hydrogens is 283 g/mol. The van der Waals surface area contributed by atoms with Crippen molar-refractivity contribution in [1.29, 1.82) is 0 Å². The zero-order valence-corrected chi connectivity index (χ0v) is 12.5. The van der Waals surface area contributed by atoms with Gasteiger partial charge in [0.1, 0.15) is 0 Å². The molecule has 1 saturated carbocycles. The predicted octanol–water partition coefficient (Wildman–Crippen LogP) is 2.58. The molecule has 0 heterocycles. The molecule has 7 heteroatoms. The Morgan fingerprint density at radius 1 is 1.19 bits per heavy atom. The van der Waals surface area contributed by atoms with Gasteiger partial charge >= 0.3 is 6.18 Å². The fourth-order valence-electron chi connectivity index (χ4n) is 2.36. The van der Waals surface area contributed by atoms with Crippen LogP contribution >= 0.6 is 0 Å². The lowest BCUT2D eigenvalue weighted by atomic mass is 9.93. The van der Waals surface area contributed by atoms with Crippen molar-refractivity contribution in [1.82, 2.24) is 10.6 Å². The van der Waals surface area contributed by atoms with Crippen molar-refractivity contribution >= 4 is 5.96 Å². The summed E-state index contributed by atoms with van der Waals surface area (Å²) in [5.74, 6) is 0.658. The van der Waals surface area contributed by atoms with Crippen LogP contribution < -0.4 is 10.6 Å². The van der Waals surface area contributed by atoms with Crippen LogP contribution in [0.2, 0.25) is 0 Å². The summed E-state index contributed by atoms with van der Waals surface area (Å²) in [7, 11) is 0. The minimum absolute atomic E-state index is 0.113. The van der Waals surface area contributed by atoms with E-state index in [1.807, 2.05) is 6.92 Å². The molecule has 0 spiro atoms. The first-order valence-corrected chi connectivity index (χ1v) is 7.70. The third kappa shape index (κ3) is 8.80. The van der Waals surface area contributed by atoms with Gasteiger partial charge in [-0.05, 0) is 45.4 Å². The molecule has 1 fully saturated rings. The van der Waals surface area contributed by atoms with Gasteiger partial charge in [0, 0.05) is 25.6 Å². The van der Waals surface area contributed by atoms with Gasteiger partial charge < -0.3 is 15.7 Å². The molecule has 21 heavy (non-hydrogen) atoms. The molecule has 0 radical (unpaired) electrons.